The zero-order valence-electron chi connectivity index (χ0n) is 60.1. The molecule has 0 aromatic carbocycles. The number of hydrogen-bond acceptors (Lipinski definition) is 22. The first-order chi connectivity index (χ1) is 43.9. The number of nitrogens with two attached hydrogens (primary N) is 6. The van der Waals surface area contributed by atoms with Gasteiger partial charge >= 0.3 is 0 Å². The highest BCUT2D eigenvalue weighted by Gasteiger charge is 2.28. The first-order valence-corrected chi connectivity index (χ1v) is 30.8. The van der Waals surface area contributed by atoms with Crippen molar-refractivity contribution in [1.82, 2.24) is 74.4 Å². The molecule has 15 amide bonds. The van der Waals surface area contributed by atoms with Gasteiger partial charge in [0.05, 0.1) is 30.2 Å². The third-order valence-electron chi connectivity index (χ3n) is 12.7. The van der Waals surface area contributed by atoms with Gasteiger partial charge in [0.1, 0.15) is 65.9 Å². The van der Waals surface area contributed by atoms with Gasteiger partial charge in [-0.25, -0.2) is 0 Å². The number of ketones is 2. The van der Waals surface area contributed by atoms with E-state index in [4.69, 9.17) is 34.4 Å². The minimum Gasteiger partial charge on any atom is -0.368 e. The SMILES string of the molecule is C.CC(N)C(=O)CC(C)C(=O)NC(C)C(=O)NC(C)C(N)=O.CNC(=O)C(C)N.CNC(=O)C(C)NC(=O)C(C)N.CNC(=O)C(C)NC(=O)C(C)NC(=O)C(C)C.CNC(=O)C(C)NC(=O)C(C)NC(=O)C(C)CC(=O)C(C)N.CNC(=O)C(C)NC(=O)C(C)NC(=O)C(C)N. The zero-order chi connectivity index (χ0) is 76.9. The fraction of sp³-hybridized carbons (Fsp3) is 0.717. The summed E-state index contributed by atoms with van der Waals surface area (Å²) < 4.78 is 0. The van der Waals surface area contributed by atoms with E-state index >= 15 is 0 Å². The number of primary amides is 1. The van der Waals surface area contributed by atoms with E-state index in [1.54, 1.807) is 90.1 Å². The topological polar surface area (TPSA) is 615 Å². The summed E-state index contributed by atoms with van der Waals surface area (Å²) in [6.45, 7) is 28.3. The number of hydrogen-bond donors (Lipinski definition) is 20. The molecule has 0 fully saturated rings. The maximum atomic E-state index is 11.9. The summed E-state index contributed by atoms with van der Waals surface area (Å²) >= 11 is 0. The number of Topliss-reactive ketones (excluding diaryl/α,β-unsaturated/α-hetero) is 2. The van der Waals surface area contributed by atoms with E-state index in [9.17, 15) is 81.5 Å². The number of nitrogens with one attached hydrogen (secondary N) is 14. The molecule has 0 heterocycles. The van der Waals surface area contributed by atoms with Gasteiger partial charge in [0.25, 0.3) is 0 Å². The molecule has 0 spiro atoms. The van der Waals surface area contributed by atoms with E-state index in [0.717, 1.165) is 0 Å². The fourth-order valence-electron chi connectivity index (χ4n) is 5.98. The predicted octanol–water partition coefficient (Wildman–Crippen LogP) is -7.11. The molecule has 0 aromatic rings. The van der Waals surface area contributed by atoms with E-state index in [1.165, 1.54) is 69.7 Å². The van der Waals surface area contributed by atoms with Crippen LogP contribution < -0.4 is 109 Å². The fourth-order valence-corrected chi connectivity index (χ4v) is 5.98. The van der Waals surface area contributed by atoms with Crippen molar-refractivity contribution >= 4 is 100 Å². The van der Waals surface area contributed by atoms with Crippen LogP contribution >= 0.6 is 0 Å². The average Bonchev–Trinajstić information content (AvgIpc) is 2.23. The van der Waals surface area contributed by atoms with Crippen molar-refractivity contribution in [2.24, 2.45) is 52.2 Å². The monoisotopic (exact) mass is 1390 g/mol. The van der Waals surface area contributed by atoms with E-state index in [1.807, 2.05) is 0 Å². The normalized spacial score (nSPS) is 15.0. The van der Waals surface area contributed by atoms with Crippen molar-refractivity contribution < 1.29 is 81.5 Å². The van der Waals surface area contributed by atoms with Gasteiger partial charge in [-0.15, -0.1) is 0 Å². The van der Waals surface area contributed by atoms with E-state index < -0.39 is 132 Å². The van der Waals surface area contributed by atoms with Crippen molar-refractivity contribution in [3.8, 4) is 0 Å². The number of carbonyl (C=O) groups excluding carboxylic acids is 17. The summed E-state index contributed by atoms with van der Waals surface area (Å²) in [4.78, 5) is 193. The molecule has 0 saturated carbocycles. The van der Waals surface area contributed by atoms with Crippen LogP contribution in [0.25, 0.3) is 0 Å². The Morgan fingerprint density at radius 1 is 0.237 bits per heavy atom. The first-order valence-electron chi connectivity index (χ1n) is 30.8. The predicted molar refractivity (Wildman–Crippen MR) is 365 cm³/mol. The van der Waals surface area contributed by atoms with Gasteiger partial charge in [-0.1, -0.05) is 35.1 Å². The van der Waals surface area contributed by atoms with Gasteiger partial charge in [-0.3, -0.25) is 81.5 Å². The molecule has 0 saturated heterocycles. The first kappa shape index (κ1) is 102. The summed E-state index contributed by atoms with van der Waals surface area (Å²) in [6.07, 6.45) is 0.0298. The largest absolute Gasteiger partial charge is 0.368 e. The standard InChI is InChI=1S/C14H26N4O4.C13H24N4O4.C11H21N3O3.C10H20N4O3.C7H15N3O2.C4H10N2O.CH4/c1-7(6-11(19)8(2)15)12(20)17-10(4)14(22)18-9(3)13(21)16-5;1-6(5-10(18)7(2)14)12(20)17-9(4)13(21)16-8(3)11(15)19;1-6(2)9(15)13-8(4)11(17)14-7(3)10(16)12-5;1-5(11)8(15)13-7(3)10(17)14-6(2)9(16)12-4;1-4(8)6(11)10-5(2)7(12)9-3;1-3(5)4(7)6-2;/h7-10H,6,15H2,1-5H3,(H,16,21)(H,17,20)(H,18,22);6-9H,5,14H2,1-4H3,(H2,15,19)(H,16,21)(H,17,20);6-8H,1-5H3,(H,12,16)(H,13,15)(H,14,17);5-7H,11H2,1-4H3,(H,12,16)(H,13,15)(H,14,17);4-5H,8H2,1-3H3,(H,9,12)(H,10,11);3H,5H2,1-2H3,(H,6,7);1H4. The Morgan fingerprint density at radius 3 is 0.577 bits per heavy atom. The Morgan fingerprint density at radius 2 is 0.412 bits per heavy atom. The molecule has 0 rings (SSSR count). The van der Waals surface area contributed by atoms with Crippen molar-refractivity contribution in [2.45, 2.75) is 229 Å². The summed E-state index contributed by atoms with van der Waals surface area (Å²) in [5.74, 6) is -7.33. The van der Waals surface area contributed by atoms with Crippen LogP contribution in [0.1, 0.15) is 145 Å². The van der Waals surface area contributed by atoms with Crippen molar-refractivity contribution in [3.63, 3.8) is 0 Å². The van der Waals surface area contributed by atoms with Crippen LogP contribution in [0.15, 0.2) is 0 Å². The van der Waals surface area contributed by atoms with Gasteiger partial charge in [-0.2, -0.15) is 0 Å². The molecule has 16 unspecified atom stereocenters. The van der Waals surface area contributed by atoms with E-state index in [2.05, 4.69) is 74.4 Å². The lowest BCUT2D eigenvalue weighted by Gasteiger charge is -2.19. The van der Waals surface area contributed by atoms with Crippen LogP contribution in [0.3, 0.4) is 0 Å². The molecule has 0 aliphatic rings. The molecule has 0 radical (unpaired) electrons. The highest BCUT2D eigenvalue weighted by Crippen LogP contribution is 2.07. The Hall–Kier alpha value is -8.81. The zero-order valence-corrected chi connectivity index (χ0v) is 60.1. The van der Waals surface area contributed by atoms with Gasteiger partial charge in [-0.05, 0) is 96.9 Å². The Labute approximate surface area is 571 Å². The number of carbonyl (C=O) groups is 17. The molecule has 0 aromatic heterocycles. The summed E-state index contributed by atoms with van der Waals surface area (Å²) in [6, 6.07) is -9.27. The third-order valence-corrected chi connectivity index (χ3v) is 12.7. The van der Waals surface area contributed by atoms with Gasteiger partial charge < -0.3 is 109 Å². The number of rotatable bonds is 30. The molecule has 0 aliphatic carbocycles. The quantitative estimate of drug-likeness (QED) is 0.0318. The lowest BCUT2D eigenvalue weighted by atomic mass is 10.0. The molecular formula is C60H120N20O17. The third kappa shape index (κ3) is 49.4. The molecule has 97 heavy (non-hydrogen) atoms. The molecule has 16 atom stereocenters. The second-order valence-corrected chi connectivity index (χ2v) is 22.8. The smallest absolute Gasteiger partial charge is 0.242 e. The van der Waals surface area contributed by atoms with Crippen LogP contribution in [0.2, 0.25) is 0 Å². The average molecular weight is 1390 g/mol. The highest BCUT2D eigenvalue weighted by atomic mass is 16.2. The Kier molecular flexibility index (Phi) is 57.0. The Balaban J connectivity index is -0.000000205. The van der Waals surface area contributed by atoms with Crippen molar-refractivity contribution in [2.75, 3.05) is 35.2 Å². The summed E-state index contributed by atoms with van der Waals surface area (Å²) in [5.41, 5.74) is 31.7. The molecule has 37 heteroatoms. The van der Waals surface area contributed by atoms with Crippen LogP contribution in [0.4, 0.5) is 0 Å². The maximum Gasteiger partial charge on any atom is 0.242 e. The molecule has 0 bridgehead atoms. The second kappa shape index (κ2) is 54.3. The van der Waals surface area contributed by atoms with Gasteiger partial charge in [0.2, 0.25) is 88.6 Å². The van der Waals surface area contributed by atoms with Gasteiger partial charge in [0, 0.05) is 65.8 Å². The summed E-state index contributed by atoms with van der Waals surface area (Å²) in [5, 5.41) is 34.3. The summed E-state index contributed by atoms with van der Waals surface area (Å²) in [7, 11) is 7.51. The number of amides is 15. The van der Waals surface area contributed by atoms with Crippen molar-refractivity contribution in [1.29, 1.82) is 0 Å². The van der Waals surface area contributed by atoms with Crippen LogP contribution in [0.5, 0.6) is 0 Å². The van der Waals surface area contributed by atoms with Crippen LogP contribution in [-0.4, -0.2) is 220 Å². The maximum absolute atomic E-state index is 11.9. The molecule has 26 N–H and O–H groups in total. The molecule has 0 aliphatic heterocycles. The van der Waals surface area contributed by atoms with E-state index in [-0.39, 0.29) is 91.1 Å². The minimum atomic E-state index is -0.841. The van der Waals surface area contributed by atoms with Gasteiger partial charge in [0.15, 0.2) is 0 Å². The lowest BCUT2D eigenvalue weighted by Crippen LogP contribution is -2.53. The molecule has 562 valence electrons. The van der Waals surface area contributed by atoms with Crippen LogP contribution in [0, 0.1) is 17.8 Å². The second-order valence-electron chi connectivity index (χ2n) is 22.8. The highest BCUT2D eigenvalue weighted by molar-refractivity contribution is 5.96. The minimum absolute atomic E-state index is 0. The van der Waals surface area contributed by atoms with Crippen LogP contribution in [-0.2, 0) is 81.5 Å². The van der Waals surface area contributed by atoms with Crippen molar-refractivity contribution in [3.05, 3.63) is 0 Å². The molecule has 37 nitrogen and oxygen atoms in total. The molecular weight excluding hydrogens is 1270 g/mol. The lowest BCUT2D eigenvalue weighted by molar-refractivity contribution is -0.133. The number of likely N-dealkylation sites (N-methyl/N-ethyl adjacent to an activating group) is 5. The Bertz CT molecular complexity index is 2490. The van der Waals surface area contributed by atoms with E-state index in [0.29, 0.717) is 0 Å².